The van der Waals surface area contributed by atoms with Crippen LogP contribution in [0.4, 0.5) is 0 Å². The second-order valence-corrected chi connectivity index (χ2v) is 2.58. The number of ether oxygens (including phenoxy) is 1. The smallest absolute Gasteiger partial charge is 0.0823 e. The van der Waals surface area contributed by atoms with Crippen LogP contribution in [0.25, 0.3) is 0 Å². The Labute approximate surface area is 63.1 Å². The van der Waals surface area contributed by atoms with Gasteiger partial charge in [0.05, 0.1) is 6.10 Å². The molecule has 0 radical (unpaired) electrons. The molecule has 0 bridgehead atoms. The third kappa shape index (κ3) is 4.73. The zero-order valence-corrected chi connectivity index (χ0v) is 7.13. The summed E-state index contributed by atoms with van der Waals surface area (Å²) in [6.45, 7) is 4.24. The zero-order chi connectivity index (χ0) is 7.98. The highest BCUT2D eigenvalue weighted by Crippen LogP contribution is 1.90. The topological polar surface area (TPSA) is 38.5 Å². The molecule has 0 saturated carbocycles. The Bertz CT molecular complexity index is 76.0. The number of hydrogen-bond acceptors (Lipinski definition) is 3. The first kappa shape index (κ1) is 9.88. The summed E-state index contributed by atoms with van der Waals surface area (Å²) >= 11 is 0. The highest BCUT2D eigenvalue weighted by atomic mass is 16.5. The summed E-state index contributed by atoms with van der Waals surface area (Å²) in [4.78, 5) is 2.08. The van der Waals surface area contributed by atoms with E-state index in [1.54, 1.807) is 0 Å². The van der Waals surface area contributed by atoms with Gasteiger partial charge in [0.25, 0.3) is 0 Å². The molecule has 10 heavy (non-hydrogen) atoms. The van der Waals surface area contributed by atoms with Gasteiger partial charge in [-0.05, 0) is 21.0 Å². The molecule has 3 heteroatoms. The molecule has 0 amide bonds. The minimum Gasteiger partial charge on any atom is -0.376 e. The van der Waals surface area contributed by atoms with Crippen molar-refractivity contribution in [1.29, 1.82) is 0 Å². The van der Waals surface area contributed by atoms with Crippen molar-refractivity contribution in [2.75, 3.05) is 33.8 Å². The van der Waals surface area contributed by atoms with Crippen LogP contribution in [0.1, 0.15) is 6.92 Å². The fourth-order valence-corrected chi connectivity index (χ4v) is 0.838. The lowest BCUT2D eigenvalue weighted by Crippen LogP contribution is -2.34. The van der Waals surface area contributed by atoms with Crippen LogP contribution in [0.2, 0.25) is 0 Å². The first-order chi connectivity index (χ1) is 4.70. The van der Waals surface area contributed by atoms with E-state index in [0.717, 1.165) is 13.2 Å². The van der Waals surface area contributed by atoms with E-state index in [2.05, 4.69) is 4.90 Å². The first-order valence-electron chi connectivity index (χ1n) is 3.67. The second kappa shape index (κ2) is 5.65. The molecule has 62 valence electrons. The Morgan fingerprint density at radius 2 is 2.10 bits per heavy atom. The van der Waals surface area contributed by atoms with Gasteiger partial charge in [-0.3, -0.25) is 0 Å². The average molecular weight is 146 g/mol. The summed E-state index contributed by atoms with van der Waals surface area (Å²) in [5, 5.41) is 0. The molecule has 0 rings (SSSR count). The van der Waals surface area contributed by atoms with E-state index >= 15 is 0 Å². The Morgan fingerprint density at radius 1 is 1.50 bits per heavy atom. The number of nitrogens with zero attached hydrogens (tertiary/aromatic N) is 1. The lowest BCUT2D eigenvalue weighted by molar-refractivity contribution is 0.0503. The third-order valence-electron chi connectivity index (χ3n) is 1.23. The highest BCUT2D eigenvalue weighted by Gasteiger charge is 2.05. The zero-order valence-electron chi connectivity index (χ0n) is 7.13. The Hall–Kier alpha value is -0.120. The van der Waals surface area contributed by atoms with Crippen molar-refractivity contribution in [1.82, 2.24) is 4.90 Å². The molecule has 1 atom stereocenters. The van der Waals surface area contributed by atoms with Gasteiger partial charge in [0, 0.05) is 19.7 Å². The summed E-state index contributed by atoms with van der Waals surface area (Å²) < 4.78 is 5.34. The van der Waals surface area contributed by atoms with E-state index in [-0.39, 0.29) is 6.10 Å². The minimum atomic E-state index is 0.194. The number of likely N-dealkylation sites (N-methyl/N-ethyl adjacent to an activating group) is 1. The van der Waals surface area contributed by atoms with E-state index in [0.29, 0.717) is 6.54 Å². The van der Waals surface area contributed by atoms with E-state index < -0.39 is 0 Å². The van der Waals surface area contributed by atoms with Crippen LogP contribution in [0, 0.1) is 0 Å². The predicted molar refractivity (Wildman–Crippen MR) is 43.0 cm³/mol. The van der Waals surface area contributed by atoms with Gasteiger partial charge in [-0.2, -0.15) is 0 Å². The molecule has 0 spiro atoms. The molecular formula is C7H18N2O. The molecule has 0 aliphatic rings. The van der Waals surface area contributed by atoms with E-state index in [4.69, 9.17) is 10.5 Å². The van der Waals surface area contributed by atoms with Crippen molar-refractivity contribution >= 4 is 0 Å². The molecular weight excluding hydrogens is 128 g/mol. The van der Waals surface area contributed by atoms with Gasteiger partial charge >= 0.3 is 0 Å². The quantitative estimate of drug-likeness (QED) is 0.589. The summed E-state index contributed by atoms with van der Waals surface area (Å²) in [6, 6.07) is 0. The lowest BCUT2D eigenvalue weighted by Gasteiger charge is -2.18. The second-order valence-electron chi connectivity index (χ2n) is 2.58. The van der Waals surface area contributed by atoms with Crippen LogP contribution in [-0.4, -0.2) is 44.8 Å². The summed E-state index contributed by atoms with van der Waals surface area (Å²) in [7, 11) is 4.03. The Balaban J connectivity index is 3.39. The van der Waals surface area contributed by atoms with Gasteiger partial charge in [0.15, 0.2) is 0 Å². The number of hydrogen-bond donors (Lipinski definition) is 1. The molecule has 0 aromatic rings. The molecule has 0 aliphatic heterocycles. The van der Waals surface area contributed by atoms with Crippen molar-refractivity contribution in [2.24, 2.45) is 5.73 Å². The van der Waals surface area contributed by atoms with Gasteiger partial charge in [0.2, 0.25) is 0 Å². The monoisotopic (exact) mass is 146 g/mol. The van der Waals surface area contributed by atoms with Crippen LogP contribution in [0.3, 0.4) is 0 Å². The maximum atomic E-state index is 5.46. The summed E-state index contributed by atoms with van der Waals surface area (Å²) in [5.74, 6) is 0. The molecule has 1 unspecified atom stereocenters. The Kier molecular flexibility index (Phi) is 5.58. The molecule has 0 aromatic heterocycles. The van der Waals surface area contributed by atoms with Gasteiger partial charge in [-0.1, -0.05) is 0 Å². The van der Waals surface area contributed by atoms with Crippen LogP contribution < -0.4 is 5.73 Å². The van der Waals surface area contributed by atoms with Crippen molar-refractivity contribution in [3.8, 4) is 0 Å². The summed E-state index contributed by atoms with van der Waals surface area (Å²) in [6.07, 6.45) is 0.194. The van der Waals surface area contributed by atoms with Crippen LogP contribution in [-0.2, 0) is 4.74 Å². The predicted octanol–water partition coefficient (Wildman–Crippen LogP) is -0.0882. The highest BCUT2D eigenvalue weighted by molar-refractivity contribution is 4.60. The van der Waals surface area contributed by atoms with Crippen LogP contribution >= 0.6 is 0 Å². The van der Waals surface area contributed by atoms with Crippen LogP contribution in [0.5, 0.6) is 0 Å². The van der Waals surface area contributed by atoms with E-state index in [9.17, 15) is 0 Å². The normalized spacial score (nSPS) is 14.1. The van der Waals surface area contributed by atoms with Crippen molar-refractivity contribution < 1.29 is 4.74 Å². The standard InChI is InChI=1S/C7H18N2O/c1-4-10-7(5-8)6-9(2)3/h7H,4-6,8H2,1-3H3. The van der Waals surface area contributed by atoms with Crippen molar-refractivity contribution in [3.63, 3.8) is 0 Å². The minimum absolute atomic E-state index is 0.194. The van der Waals surface area contributed by atoms with Crippen molar-refractivity contribution in [3.05, 3.63) is 0 Å². The maximum Gasteiger partial charge on any atom is 0.0823 e. The molecule has 3 nitrogen and oxygen atoms in total. The third-order valence-corrected chi connectivity index (χ3v) is 1.23. The summed E-state index contributed by atoms with van der Waals surface area (Å²) in [5.41, 5.74) is 5.46. The molecule has 2 N–H and O–H groups in total. The average Bonchev–Trinajstić information content (AvgIpc) is 1.86. The molecule has 0 heterocycles. The molecule has 0 aromatic carbocycles. The lowest BCUT2D eigenvalue weighted by atomic mass is 10.3. The van der Waals surface area contributed by atoms with Gasteiger partial charge in [-0.15, -0.1) is 0 Å². The van der Waals surface area contributed by atoms with E-state index in [1.165, 1.54) is 0 Å². The Morgan fingerprint density at radius 3 is 2.40 bits per heavy atom. The molecule has 0 aliphatic carbocycles. The van der Waals surface area contributed by atoms with Crippen LogP contribution in [0.15, 0.2) is 0 Å². The van der Waals surface area contributed by atoms with Gasteiger partial charge in [0.1, 0.15) is 0 Å². The fraction of sp³-hybridized carbons (Fsp3) is 1.00. The first-order valence-corrected chi connectivity index (χ1v) is 3.67. The molecule has 0 saturated heterocycles. The van der Waals surface area contributed by atoms with Crippen molar-refractivity contribution in [2.45, 2.75) is 13.0 Å². The van der Waals surface area contributed by atoms with Gasteiger partial charge < -0.3 is 15.4 Å². The fourth-order valence-electron chi connectivity index (χ4n) is 0.838. The number of rotatable bonds is 5. The van der Waals surface area contributed by atoms with Gasteiger partial charge in [-0.25, -0.2) is 0 Å². The largest absolute Gasteiger partial charge is 0.376 e. The van der Waals surface area contributed by atoms with E-state index in [1.807, 2.05) is 21.0 Å². The molecule has 0 fully saturated rings. The number of nitrogens with two attached hydrogens (primary N) is 1. The maximum absolute atomic E-state index is 5.46. The SMILES string of the molecule is CCOC(CN)CN(C)C.